The van der Waals surface area contributed by atoms with Gasteiger partial charge in [0.05, 0.1) is 26.1 Å². The van der Waals surface area contributed by atoms with Crippen molar-refractivity contribution in [1.29, 1.82) is 0 Å². The van der Waals surface area contributed by atoms with Gasteiger partial charge in [-0.3, -0.25) is 0 Å². The Morgan fingerprint density at radius 2 is 1.84 bits per heavy atom. The van der Waals surface area contributed by atoms with Crippen molar-refractivity contribution >= 4 is 6.21 Å². The van der Waals surface area contributed by atoms with Gasteiger partial charge in [0.25, 0.3) is 5.95 Å². The Labute approximate surface area is 145 Å². The first-order valence-electron chi connectivity index (χ1n) is 7.75. The van der Waals surface area contributed by atoms with E-state index in [4.69, 9.17) is 9.47 Å². The zero-order chi connectivity index (χ0) is 18.0. The molecule has 8 heteroatoms. The van der Waals surface area contributed by atoms with Crippen LogP contribution in [0.2, 0.25) is 0 Å². The molecule has 0 saturated carbocycles. The fourth-order valence-electron chi connectivity index (χ4n) is 2.51. The van der Waals surface area contributed by atoms with Gasteiger partial charge in [-0.25, -0.2) is 4.68 Å². The van der Waals surface area contributed by atoms with Crippen molar-refractivity contribution in [3.63, 3.8) is 0 Å². The number of hydrogen-bond donors (Lipinski definition) is 0. The zero-order valence-corrected chi connectivity index (χ0v) is 14.9. The van der Waals surface area contributed by atoms with Crippen molar-refractivity contribution in [2.24, 2.45) is 5.10 Å². The van der Waals surface area contributed by atoms with Gasteiger partial charge in [0.15, 0.2) is 5.82 Å². The molecule has 3 rings (SSSR count). The monoisotopic (exact) mass is 340 g/mol. The molecular formula is C17H20N6O2. The Bertz CT molecular complexity index is 925. The van der Waals surface area contributed by atoms with E-state index in [9.17, 15) is 0 Å². The highest BCUT2D eigenvalue weighted by atomic mass is 16.5. The van der Waals surface area contributed by atoms with Crippen molar-refractivity contribution in [2.45, 2.75) is 20.8 Å². The molecule has 0 bridgehead atoms. The zero-order valence-electron chi connectivity index (χ0n) is 14.9. The van der Waals surface area contributed by atoms with E-state index in [-0.39, 0.29) is 0 Å². The van der Waals surface area contributed by atoms with Crippen LogP contribution in [0.25, 0.3) is 5.95 Å². The van der Waals surface area contributed by atoms with Crippen LogP contribution in [0.4, 0.5) is 0 Å². The number of hydrogen-bond acceptors (Lipinski definition) is 6. The number of aryl methyl sites for hydroxylation is 3. The summed E-state index contributed by atoms with van der Waals surface area (Å²) in [4.78, 5) is 0. The SMILES string of the molecule is COc1ccc(OC)c(C=Nn2c(C)nnc2-n2nc(C)cc2C)c1. The summed E-state index contributed by atoms with van der Waals surface area (Å²) in [5, 5.41) is 17.3. The molecule has 2 aromatic heterocycles. The molecule has 0 aliphatic rings. The summed E-state index contributed by atoms with van der Waals surface area (Å²) in [5.74, 6) is 2.60. The minimum absolute atomic E-state index is 0.529. The van der Waals surface area contributed by atoms with Gasteiger partial charge < -0.3 is 9.47 Å². The molecule has 3 aromatic rings. The third-order valence-electron chi connectivity index (χ3n) is 3.73. The molecule has 8 nitrogen and oxygen atoms in total. The molecule has 0 unspecified atom stereocenters. The molecule has 0 radical (unpaired) electrons. The minimum Gasteiger partial charge on any atom is -0.497 e. The molecule has 1 aromatic carbocycles. The van der Waals surface area contributed by atoms with E-state index in [0.717, 1.165) is 22.7 Å². The smallest absolute Gasteiger partial charge is 0.273 e. The summed E-state index contributed by atoms with van der Waals surface area (Å²) >= 11 is 0. The van der Waals surface area contributed by atoms with Crippen LogP contribution in [0, 0.1) is 20.8 Å². The fraction of sp³-hybridized carbons (Fsp3) is 0.294. The summed E-state index contributed by atoms with van der Waals surface area (Å²) < 4.78 is 14.0. The number of benzene rings is 1. The maximum Gasteiger partial charge on any atom is 0.273 e. The van der Waals surface area contributed by atoms with Crippen LogP contribution >= 0.6 is 0 Å². The predicted molar refractivity (Wildman–Crippen MR) is 93.9 cm³/mol. The highest BCUT2D eigenvalue weighted by Crippen LogP contribution is 2.22. The molecule has 0 aliphatic heterocycles. The van der Waals surface area contributed by atoms with Gasteiger partial charge in [0.1, 0.15) is 11.5 Å². The standard InChI is InChI=1S/C17H20N6O2/c1-11-8-12(2)22(21-11)17-20-19-13(3)23(17)18-10-14-9-15(24-4)6-7-16(14)25-5/h6-10H,1-5H3. The van der Waals surface area contributed by atoms with Crippen LogP contribution in [0.15, 0.2) is 29.4 Å². The Hall–Kier alpha value is -3.16. The highest BCUT2D eigenvalue weighted by Gasteiger charge is 2.13. The maximum atomic E-state index is 5.38. The van der Waals surface area contributed by atoms with Gasteiger partial charge in [-0.1, -0.05) is 0 Å². The largest absolute Gasteiger partial charge is 0.497 e. The minimum atomic E-state index is 0.529. The van der Waals surface area contributed by atoms with E-state index in [2.05, 4.69) is 20.4 Å². The molecule has 0 fully saturated rings. The number of nitrogens with zero attached hydrogens (tertiary/aromatic N) is 6. The van der Waals surface area contributed by atoms with Crippen molar-refractivity contribution in [3.8, 4) is 17.4 Å². The highest BCUT2D eigenvalue weighted by molar-refractivity contribution is 5.84. The van der Waals surface area contributed by atoms with Crippen LogP contribution in [-0.4, -0.2) is 45.1 Å². The summed E-state index contributed by atoms with van der Waals surface area (Å²) in [7, 11) is 3.23. The molecular weight excluding hydrogens is 320 g/mol. The average molecular weight is 340 g/mol. The third-order valence-corrected chi connectivity index (χ3v) is 3.73. The summed E-state index contributed by atoms with van der Waals surface area (Å²) in [6, 6.07) is 7.50. The van der Waals surface area contributed by atoms with Gasteiger partial charge in [0.2, 0.25) is 0 Å². The van der Waals surface area contributed by atoms with Gasteiger partial charge in [-0.05, 0) is 45.0 Å². The Kier molecular flexibility index (Phi) is 4.51. The quantitative estimate of drug-likeness (QED) is 0.666. The summed E-state index contributed by atoms with van der Waals surface area (Å²) in [6.45, 7) is 5.73. The maximum absolute atomic E-state index is 5.38. The van der Waals surface area contributed by atoms with Crippen molar-refractivity contribution in [3.05, 3.63) is 47.0 Å². The van der Waals surface area contributed by atoms with Gasteiger partial charge >= 0.3 is 0 Å². The molecule has 0 amide bonds. The van der Waals surface area contributed by atoms with Crippen molar-refractivity contribution < 1.29 is 9.47 Å². The lowest BCUT2D eigenvalue weighted by atomic mass is 10.2. The third kappa shape index (κ3) is 3.23. The fourth-order valence-corrected chi connectivity index (χ4v) is 2.51. The molecule has 0 N–H and O–H groups in total. The van der Waals surface area contributed by atoms with E-state index >= 15 is 0 Å². The van der Waals surface area contributed by atoms with Crippen molar-refractivity contribution in [2.75, 3.05) is 14.2 Å². The normalized spacial score (nSPS) is 11.2. The molecule has 0 atom stereocenters. The van der Waals surface area contributed by atoms with E-state index in [0.29, 0.717) is 17.5 Å². The van der Waals surface area contributed by atoms with E-state index in [1.54, 1.807) is 29.8 Å². The van der Waals surface area contributed by atoms with E-state index in [1.165, 1.54) is 0 Å². The lowest BCUT2D eigenvalue weighted by molar-refractivity contribution is 0.402. The molecule has 25 heavy (non-hydrogen) atoms. The Balaban J connectivity index is 2.03. The number of ether oxygens (including phenoxy) is 2. The first kappa shape index (κ1) is 16.7. The number of rotatable bonds is 5. The van der Waals surface area contributed by atoms with Crippen LogP contribution in [-0.2, 0) is 0 Å². The van der Waals surface area contributed by atoms with Crippen molar-refractivity contribution in [1.82, 2.24) is 24.7 Å². The van der Waals surface area contributed by atoms with Gasteiger partial charge in [0, 0.05) is 11.3 Å². The van der Waals surface area contributed by atoms with Crippen LogP contribution in [0.1, 0.15) is 22.8 Å². The molecule has 130 valence electrons. The molecule has 0 aliphatic carbocycles. The van der Waals surface area contributed by atoms with Crippen LogP contribution < -0.4 is 9.47 Å². The number of methoxy groups -OCH3 is 2. The summed E-state index contributed by atoms with van der Waals surface area (Å²) in [5.41, 5.74) is 2.65. The van der Waals surface area contributed by atoms with E-state index < -0.39 is 0 Å². The predicted octanol–water partition coefficient (Wildman–Crippen LogP) is 2.29. The van der Waals surface area contributed by atoms with Crippen LogP contribution in [0.3, 0.4) is 0 Å². The Morgan fingerprint density at radius 3 is 2.48 bits per heavy atom. The number of aromatic nitrogens is 5. The van der Waals surface area contributed by atoms with Crippen LogP contribution in [0.5, 0.6) is 11.5 Å². The second kappa shape index (κ2) is 6.76. The second-order valence-corrected chi connectivity index (χ2v) is 5.55. The molecule has 0 saturated heterocycles. The average Bonchev–Trinajstić information content (AvgIpc) is 3.13. The van der Waals surface area contributed by atoms with Gasteiger partial charge in [-0.15, -0.1) is 10.2 Å². The van der Waals surface area contributed by atoms with E-state index in [1.807, 2.05) is 45.0 Å². The Morgan fingerprint density at radius 1 is 1.04 bits per heavy atom. The first-order valence-corrected chi connectivity index (χ1v) is 7.75. The topological polar surface area (TPSA) is 79.4 Å². The second-order valence-electron chi connectivity index (χ2n) is 5.55. The molecule has 2 heterocycles. The lowest BCUT2D eigenvalue weighted by Crippen LogP contribution is -2.08. The first-order chi connectivity index (χ1) is 12.0. The van der Waals surface area contributed by atoms with Gasteiger partial charge in [-0.2, -0.15) is 14.9 Å². The summed E-state index contributed by atoms with van der Waals surface area (Å²) in [6.07, 6.45) is 1.69. The molecule has 0 spiro atoms. The lowest BCUT2D eigenvalue weighted by Gasteiger charge is -2.07.